The average Bonchev–Trinajstić information content (AvgIpc) is 2.86. The number of amides is 1. The van der Waals surface area contributed by atoms with Gasteiger partial charge in [0.1, 0.15) is 10.7 Å². The van der Waals surface area contributed by atoms with E-state index in [0.717, 1.165) is 10.6 Å². The summed E-state index contributed by atoms with van der Waals surface area (Å²) in [7, 11) is 0. The molecule has 2 heterocycles. The molecule has 0 atom stereocenters. The lowest BCUT2D eigenvalue weighted by atomic mass is 10.2. The van der Waals surface area contributed by atoms with Gasteiger partial charge in [-0.1, -0.05) is 13.8 Å². The molecule has 0 aliphatic heterocycles. The maximum absolute atomic E-state index is 11.8. The van der Waals surface area contributed by atoms with E-state index in [2.05, 4.69) is 29.1 Å². The number of carbonyl (C=O) groups excluding carboxylic acids is 1. The van der Waals surface area contributed by atoms with Crippen LogP contribution in [0.15, 0.2) is 29.9 Å². The smallest absolute Gasteiger partial charge is 0.270 e. The minimum absolute atomic E-state index is 0.116. The van der Waals surface area contributed by atoms with Crippen molar-refractivity contribution in [3.63, 3.8) is 0 Å². The second kappa shape index (κ2) is 5.73. The molecular formula is C13H15N3OS. The van der Waals surface area contributed by atoms with Crippen LogP contribution in [-0.2, 0) is 0 Å². The number of pyridine rings is 1. The molecule has 0 radical (unpaired) electrons. The van der Waals surface area contributed by atoms with Crippen LogP contribution in [0.2, 0.25) is 0 Å². The highest BCUT2D eigenvalue weighted by Crippen LogP contribution is 2.22. The Morgan fingerprint density at radius 3 is 3.00 bits per heavy atom. The van der Waals surface area contributed by atoms with Gasteiger partial charge in [-0.05, 0) is 18.1 Å². The number of thiazole rings is 1. The molecule has 94 valence electrons. The third-order valence-corrected chi connectivity index (χ3v) is 3.21. The van der Waals surface area contributed by atoms with E-state index < -0.39 is 0 Å². The normalized spacial score (nSPS) is 10.6. The maximum Gasteiger partial charge on any atom is 0.270 e. The van der Waals surface area contributed by atoms with Crippen molar-refractivity contribution < 1.29 is 4.79 Å². The largest absolute Gasteiger partial charge is 0.350 e. The SMILES string of the molecule is CC(C)CNC(=O)c1csc(-c2cccnc2)n1. The van der Waals surface area contributed by atoms with Crippen LogP contribution in [0.25, 0.3) is 10.6 Å². The van der Waals surface area contributed by atoms with Gasteiger partial charge in [0.25, 0.3) is 5.91 Å². The predicted octanol–water partition coefficient (Wildman–Crippen LogP) is 2.59. The van der Waals surface area contributed by atoms with E-state index in [1.165, 1.54) is 11.3 Å². The zero-order valence-corrected chi connectivity index (χ0v) is 11.2. The highest BCUT2D eigenvalue weighted by Gasteiger charge is 2.11. The molecule has 0 unspecified atom stereocenters. The summed E-state index contributed by atoms with van der Waals surface area (Å²) < 4.78 is 0. The zero-order valence-electron chi connectivity index (χ0n) is 10.4. The Hall–Kier alpha value is -1.75. The predicted molar refractivity (Wildman–Crippen MR) is 72.5 cm³/mol. The first kappa shape index (κ1) is 12.7. The lowest BCUT2D eigenvalue weighted by Crippen LogP contribution is -2.27. The van der Waals surface area contributed by atoms with Crippen molar-refractivity contribution in [3.8, 4) is 10.6 Å². The Morgan fingerprint density at radius 2 is 2.33 bits per heavy atom. The van der Waals surface area contributed by atoms with E-state index in [0.29, 0.717) is 18.2 Å². The number of rotatable bonds is 4. The lowest BCUT2D eigenvalue weighted by Gasteiger charge is -2.05. The summed E-state index contributed by atoms with van der Waals surface area (Å²) >= 11 is 1.45. The van der Waals surface area contributed by atoms with Gasteiger partial charge in [0, 0.05) is 29.9 Å². The van der Waals surface area contributed by atoms with Crippen LogP contribution >= 0.6 is 11.3 Å². The Balaban J connectivity index is 2.09. The molecule has 5 heteroatoms. The van der Waals surface area contributed by atoms with Crippen LogP contribution in [-0.4, -0.2) is 22.4 Å². The van der Waals surface area contributed by atoms with Gasteiger partial charge in [-0.3, -0.25) is 9.78 Å². The summed E-state index contributed by atoms with van der Waals surface area (Å²) in [4.78, 5) is 20.2. The fraction of sp³-hybridized carbons (Fsp3) is 0.308. The summed E-state index contributed by atoms with van der Waals surface area (Å²) in [6.45, 7) is 4.78. The molecule has 1 amide bonds. The van der Waals surface area contributed by atoms with Gasteiger partial charge in [-0.15, -0.1) is 11.3 Å². The summed E-state index contributed by atoms with van der Waals surface area (Å²) in [6.07, 6.45) is 3.46. The topological polar surface area (TPSA) is 54.9 Å². The Bertz CT molecular complexity index is 522. The number of nitrogens with one attached hydrogen (secondary N) is 1. The number of nitrogens with zero attached hydrogens (tertiary/aromatic N) is 2. The van der Waals surface area contributed by atoms with Crippen molar-refractivity contribution in [2.45, 2.75) is 13.8 Å². The van der Waals surface area contributed by atoms with Crippen molar-refractivity contribution in [3.05, 3.63) is 35.6 Å². The Morgan fingerprint density at radius 1 is 1.50 bits per heavy atom. The standard InChI is InChI=1S/C13H15N3OS/c1-9(2)6-15-12(17)11-8-18-13(16-11)10-4-3-5-14-7-10/h3-5,7-9H,6H2,1-2H3,(H,15,17). The van der Waals surface area contributed by atoms with Gasteiger partial charge in [-0.2, -0.15) is 0 Å². The molecule has 2 aromatic rings. The van der Waals surface area contributed by atoms with Crippen molar-refractivity contribution in [2.75, 3.05) is 6.54 Å². The van der Waals surface area contributed by atoms with Gasteiger partial charge in [0.2, 0.25) is 0 Å². The summed E-state index contributed by atoms with van der Waals surface area (Å²) in [5.41, 5.74) is 1.41. The average molecular weight is 261 g/mol. The van der Waals surface area contributed by atoms with Crippen molar-refractivity contribution >= 4 is 17.2 Å². The van der Waals surface area contributed by atoms with E-state index in [1.54, 1.807) is 17.8 Å². The molecule has 0 aromatic carbocycles. The molecule has 0 aliphatic rings. The van der Waals surface area contributed by atoms with Gasteiger partial charge in [0.15, 0.2) is 0 Å². The van der Waals surface area contributed by atoms with Crippen LogP contribution in [0.3, 0.4) is 0 Å². The molecule has 0 aliphatic carbocycles. The summed E-state index contributed by atoms with van der Waals surface area (Å²) in [5, 5.41) is 5.45. The highest BCUT2D eigenvalue weighted by molar-refractivity contribution is 7.13. The van der Waals surface area contributed by atoms with E-state index >= 15 is 0 Å². The maximum atomic E-state index is 11.8. The first-order valence-corrected chi connectivity index (χ1v) is 6.69. The van der Waals surface area contributed by atoms with Crippen LogP contribution in [0, 0.1) is 5.92 Å². The number of aromatic nitrogens is 2. The van der Waals surface area contributed by atoms with Crippen molar-refractivity contribution in [2.24, 2.45) is 5.92 Å². The van der Waals surface area contributed by atoms with Gasteiger partial charge in [-0.25, -0.2) is 4.98 Å². The zero-order chi connectivity index (χ0) is 13.0. The molecule has 4 nitrogen and oxygen atoms in total. The second-order valence-corrected chi connectivity index (χ2v) is 5.24. The van der Waals surface area contributed by atoms with Crippen molar-refractivity contribution in [1.29, 1.82) is 0 Å². The monoisotopic (exact) mass is 261 g/mol. The van der Waals surface area contributed by atoms with E-state index in [-0.39, 0.29) is 5.91 Å². The van der Waals surface area contributed by atoms with E-state index in [4.69, 9.17) is 0 Å². The van der Waals surface area contributed by atoms with Crippen LogP contribution in [0.5, 0.6) is 0 Å². The fourth-order valence-electron chi connectivity index (χ4n) is 1.39. The minimum Gasteiger partial charge on any atom is -0.350 e. The minimum atomic E-state index is -0.116. The molecular weight excluding hydrogens is 246 g/mol. The number of hydrogen-bond donors (Lipinski definition) is 1. The highest BCUT2D eigenvalue weighted by atomic mass is 32.1. The molecule has 1 N–H and O–H groups in total. The third-order valence-electron chi connectivity index (χ3n) is 2.32. The van der Waals surface area contributed by atoms with Gasteiger partial charge < -0.3 is 5.32 Å². The molecule has 2 rings (SSSR count). The Labute approximate surface area is 110 Å². The van der Waals surface area contributed by atoms with Gasteiger partial charge >= 0.3 is 0 Å². The van der Waals surface area contributed by atoms with Crippen LogP contribution in [0.4, 0.5) is 0 Å². The fourth-order valence-corrected chi connectivity index (χ4v) is 2.18. The molecule has 18 heavy (non-hydrogen) atoms. The van der Waals surface area contributed by atoms with Crippen LogP contribution < -0.4 is 5.32 Å². The summed E-state index contributed by atoms with van der Waals surface area (Å²) in [5.74, 6) is 0.320. The van der Waals surface area contributed by atoms with Crippen molar-refractivity contribution in [1.82, 2.24) is 15.3 Å². The molecule has 0 bridgehead atoms. The quantitative estimate of drug-likeness (QED) is 0.920. The molecule has 2 aromatic heterocycles. The van der Waals surface area contributed by atoms with E-state index in [1.807, 2.05) is 12.1 Å². The van der Waals surface area contributed by atoms with E-state index in [9.17, 15) is 4.79 Å². The summed E-state index contributed by atoms with van der Waals surface area (Å²) in [6, 6.07) is 3.79. The number of carbonyl (C=O) groups is 1. The second-order valence-electron chi connectivity index (χ2n) is 4.38. The van der Waals surface area contributed by atoms with Gasteiger partial charge in [0.05, 0.1) is 0 Å². The number of hydrogen-bond acceptors (Lipinski definition) is 4. The molecule has 0 spiro atoms. The molecule has 0 fully saturated rings. The Kier molecular flexibility index (Phi) is 4.04. The third kappa shape index (κ3) is 3.13. The molecule has 0 saturated carbocycles. The van der Waals surface area contributed by atoms with Crippen LogP contribution in [0.1, 0.15) is 24.3 Å². The first-order chi connectivity index (χ1) is 8.66. The first-order valence-electron chi connectivity index (χ1n) is 5.81. The molecule has 0 saturated heterocycles. The lowest BCUT2D eigenvalue weighted by molar-refractivity contribution is 0.0945.